The molecule has 1 aromatic rings. The number of aromatic carboxylic acids is 1. The lowest BCUT2D eigenvalue weighted by atomic mass is 9.95. The number of aliphatic carboxylic acids is 1. The fourth-order valence-corrected chi connectivity index (χ4v) is 2.68. The minimum absolute atomic E-state index is 0.0807. The Balaban J connectivity index is 2.18. The number of carboxylic acid groups (broad SMARTS) is 2. The van der Waals surface area contributed by atoms with Crippen molar-refractivity contribution in [3.63, 3.8) is 0 Å². The second-order valence-electron chi connectivity index (χ2n) is 5.31. The summed E-state index contributed by atoms with van der Waals surface area (Å²) >= 11 is 0. The van der Waals surface area contributed by atoms with Gasteiger partial charge in [0.2, 0.25) is 5.91 Å². The summed E-state index contributed by atoms with van der Waals surface area (Å²) in [5.41, 5.74) is 1.23. The summed E-state index contributed by atoms with van der Waals surface area (Å²) in [6.45, 7) is 1.75. The molecule has 112 valence electrons. The van der Waals surface area contributed by atoms with Gasteiger partial charge in [0.15, 0.2) is 0 Å². The van der Waals surface area contributed by atoms with E-state index in [2.05, 4.69) is 5.32 Å². The van der Waals surface area contributed by atoms with Crippen LogP contribution in [0.25, 0.3) is 0 Å². The summed E-state index contributed by atoms with van der Waals surface area (Å²) in [6.07, 6.45) is 1.76. The summed E-state index contributed by atoms with van der Waals surface area (Å²) in [4.78, 5) is 34.3. The molecule has 0 radical (unpaired) electrons. The zero-order valence-electron chi connectivity index (χ0n) is 11.6. The molecule has 21 heavy (non-hydrogen) atoms. The minimum atomic E-state index is -1.07. The Hall–Kier alpha value is -2.37. The van der Waals surface area contributed by atoms with Crippen LogP contribution in [-0.2, 0) is 9.59 Å². The normalized spacial score (nSPS) is 21.0. The molecule has 1 aliphatic rings. The Morgan fingerprint density at radius 3 is 2.43 bits per heavy atom. The van der Waals surface area contributed by atoms with Gasteiger partial charge in [0.25, 0.3) is 0 Å². The van der Waals surface area contributed by atoms with E-state index >= 15 is 0 Å². The summed E-state index contributed by atoms with van der Waals surface area (Å²) in [5, 5.41) is 20.7. The Bertz CT molecular complexity index is 596. The average molecular weight is 291 g/mol. The maximum atomic E-state index is 12.2. The number of carbonyl (C=O) groups excluding carboxylic acids is 1. The van der Waals surface area contributed by atoms with E-state index in [4.69, 9.17) is 10.2 Å². The molecule has 1 fully saturated rings. The van der Waals surface area contributed by atoms with Crippen LogP contribution in [0.3, 0.4) is 0 Å². The highest BCUT2D eigenvalue weighted by atomic mass is 16.4. The van der Waals surface area contributed by atoms with E-state index in [9.17, 15) is 14.4 Å². The van der Waals surface area contributed by atoms with Gasteiger partial charge in [-0.3, -0.25) is 9.59 Å². The van der Waals surface area contributed by atoms with Crippen molar-refractivity contribution in [3.8, 4) is 0 Å². The molecule has 0 heterocycles. The van der Waals surface area contributed by atoms with E-state index in [1.165, 1.54) is 12.1 Å². The fraction of sp³-hybridized carbons (Fsp3) is 0.400. The van der Waals surface area contributed by atoms with E-state index in [-0.39, 0.29) is 11.5 Å². The Morgan fingerprint density at radius 1 is 1.14 bits per heavy atom. The van der Waals surface area contributed by atoms with Gasteiger partial charge in [0.1, 0.15) is 0 Å². The van der Waals surface area contributed by atoms with Crippen LogP contribution in [0.15, 0.2) is 18.2 Å². The van der Waals surface area contributed by atoms with Crippen molar-refractivity contribution in [2.45, 2.75) is 26.2 Å². The summed E-state index contributed by atoms with van der Waals surface area (Å²) in [7, 11) is 0. The Labute approximate surface area is 121 Å². The molecule has 2 rings (SSSR count). The van der Waals surface area contributed by atoms with Crippen molar-refractivity contribution < 1.29 is 24.6 Å². The molecule has 6 heteroatoms. The third-order valence-corrected chi connectivity index (χ3v) is 3.91. The summed E-state index contributed by atoms with van der Waals surface area (Å²) in [6, 6.07) is 4.46. The van der Waals surface area contributed by atoms with Crippen LogP contribution in [0.4, 0.5) is 5.69 Å². The molecule has 0 aromatic heterocycles. The molecule has 0 saturated heterocycles. The second-order valence-corrected chi connectivity index (χ2v) is 5.31. The number of anilines is 1. The molecule has 1 aliphatic carbocycles. The standard InChI is InChI=1S/C15H17NO5/c1-8-5-6-9(14(18)19)7-12(8)16-13(17)10-3-2-4-11(10)15(20)21/h5-7,10-11H,2-4H2,1H3,(H,16,17)(H,18,19)(H,20,21)/t10-,11+/m1/s1. The number of rotatable bonds is 4. The number of amides is 1. The van der Waals surface area contributed by atoms with Crippen LogP contribution < -0.4 is 5.32 Å². The van der Waals surface area contributed by atoms with Crippen LogP contribution in [0, 0.1) is 18.8 Å². The van der Waals surface area contributed by atoms with E-state index in [0.717, 1.165) is 5.56 Å². The third-order valence-electron chi connectivity index (χ3n) is 3.91. The number of hydrogen-bond donors (Lipinski definition) is 3. The van der Waals surface area contributed by atoms with Crippen LogP contribution >= 0.6 is 0 Å². The quantitative estimate of drug-likeness (QED) is 0.788. The van der Waals surface area contributed by atoms with Gasteiger partial charge in [-0.1, -0.05) is 12.5 Å². The van der Waals surface area contributed by atoms with Crippen LogP contribution in [-0.4, -0.2) is 28.1 Å². The van der Waals surface area contributed by atoms with Gasteiger partial charge in [-0.05, 0) is 37.5 Å². The zero-order valence-corrected chi connectivity index (χ0v) is 11.6. The van der Waals surface area contributed by atoms with E-state index in [0.29, 0.717) is 24.9 Å². The zero-order chi connectivity index (χ0) is 15.6. The Morgan fingerprint density at radius 2 is 1.81 bits per heavy atom. The first kappa shape index (κ1) is 15.0. The third kappa shape index (κ3) is 3.21. The monoisotopic (exact) mass is 291 g/mol. The van der Waals surface area contributed by atoms with Gasteiger partial charge in [-0.25, -0.2) is 4.79 Å². The van der Waals surface area contributed by atoms with Gasteiger partial charge in [-0.15, -0.1) is 0 Å². The number of carboxylic acids is 2. The number of benzene rings is 1. The maximum Gasteiger partial charge on any atom is 0.335 e. The largest absolute Gasteiger partial charge is 0.481 e. The number of aryl methyl sites for hydroxylation is 1. The molecule has 1 amide bonds. The molecule has 3 N–H and O–H groups in total. The van der Waals surface area contributed by atoms with E-state index < -0.39 is 23.8 Å². The van der Waals surface area contributed by atoms with E-state index in [1.54, 1.807) is 13.0 Å². The first-order chi connectivity index (χ1) is 9.90. The molecule has 1 aromatic carbocycles. The van der Waals surface area contributed by atoms with Gasteiger partial charge in [0, 0.05) is 5.69 Å². The number of nitrogens with one attached hydrogen (secondary N) is 1. The van der Waals surface area contributed by atoms with Gasteiger partial charge in [0.05, 0.1) is 17.4 Å². The molecule has 1 saturated carbocycles. The van der Waals surface area contributed by atoms with Crippen LogP contribution in [0.2, 0.25) is 0 Å². The predicted molar refractivity (Wildman–Crippen MR) is 75.2 cm³/mol. The van der Waals surface area contributed by atoms with Crippen molar-refractivity contribution in [2.24, 2.45) is 11.8 Å². The van der Waals surface area contributed by atoms with E-state index in [1.807, 2.05) is 0 Å². The van der Waals surface area contributed by atoms with Crippen molar-refractivity contribution in [2.75, 3.05) is 5.32 Å². The maximum absolute atomic E-state index is 12.2. The fourth-order valence-electron chi connectivity index (χ4n) is 2.68. The SMILES string of the molecule is Cc1ccc(C(=O)O)cc1NC(=O)[C@@H]1CCC[C@@H]1C(=O)O. The van der Waals surface area contributed by atoms with Gasteiger partial charge in [-0.2, -0.15) is 0 Å². The molecular weight excluding hydrogens is 274 g/mol. The van der Waals surface area contributed by atoms with Crippen molar-refractivity contribution >= 4 is 23.5 Å². The molecular formula is C15H17NO5. The highest BCUT2D eigenvalue weighted by Gasteiger charge is 2.37. The van der Waals surface area contributed by atoms with Crippen molar-refractivity contribution in [1.82, 2.24) is 0 Å². The molecule has 0 aliphatic heterocycles. The molecule has 0 unspecified atom stereocenters. The lowest BCUT2D eigenvalue weighted by Crippen LogP contribution is -2.30. The smallest absolute Gasteiger partial charge is 0.335 e. The molecule has 2 atom stereocenters. The highest BCUT2D eigenvalue weighted by molar-refractivity contribution is 5.97. The predicted octanol–water partition coefficient (Wildman–Crippen LogP) is 2.13. The minimum Gasteiger partial charge on any atom is -0.481 e. The Kier molecular flexibility index (Phi) is 4.26. The number of hydrogen-bond acceptors (Lipinski definition) is 3. The summed E-state index contributed by atoms with van der Waals surface area (Å²) in [5.74, 6) is -3.60. The molecule has 0 spiro atoms. The second kappa shape index (κ2) is 5.95. The van der Waals surface area contributed by atoms with Crippen molar-refractivity contribution in [1.29, 1.82) is 0 Å². The number of carbonyl (C=O) groups is 3. The highest BCUT2D eigenvalue weighted by Crippen LogP contribution is 2.33. The first-order valence-corrected chi connectivity index (χ1v) is 6.77. The van der Waals surface area contributed by atoms with Crippen LogP contribution in [0.5, 0.6) is 0 Å². The topological polar surface area (TPSA) is 104 Å². The average Bonchev–Trinajstić information content (AvgIpc) is 2.90. The first-order valence-electron chi connectivity index (χ1n) is 6.77. The van der Waals surface area contributed by atoms with Crippen molar-refractivity contribution in [3.05, 3.63) is 29.3 Å². The van der Waals surface area contributed by atoms with Gasteiger partial charge < -0.3 is 15.5 Å². The lowest BCUT2D eigenvalue weighted by molar-refractivity contribution is -0.145. The van der Waals surface area contributed by atoms with Crippen LogP contribution in [0.1, 0.15) is 35.2 Å². The summed E-state index contributed by atoms with van der Waals surface area (Å²) < 4.78 is 0. The lowest BCUT2D eigenvalue weighted by Gasteiger charge is -2.17. The van der Waals surface area contributed by atoms with Gasteiger partial charge >= 0.3 is 11.9 Å². The molecule has 0 bridgehead atoms. The molecule has 6 nitrogen and oxygen atoms in total.